The number of allylic oxidation sites excluding steroid dienone is 1. The molecule has 3 aromatic rings. The molecule has 1 amide bonds. The predicted molar refractivity (Wildman–Crippen MR) is 126 cm³/mol. The van der Waals surface area contributed by atoms with Crippen molar-refractivity contribution in [1.82, 2.24) is 0 Å². The first-order chi connectivity index (χ1) is 15.0. The van der Waals surface area contributed by atoms with Crippen molar-refractivity contribution in [3.8, 4) is 17.6 Å². The number of methoxy groups -OCH3 is 1. The smallest absolute Gasteiger partial charge is 0.262 e. The van der Waals surface area contributed by atoms with Crippen molar-refractivity contribution in [1.29, 1.82) is 5.26 Å². The lowest BCUT2D eigenvalue weighted by Gasteiger charge is -2.14. The van der Waals surface area contributed by atoms with Gasteiger partial charge < -0.3 is 14.8 Å². The van der Waals surface area contributed by atoms with Gasteiger partial charge >= 0.3 is 0 Å². The summed E-state index contributed by atoms with van der Waals surface area (Å²) in [6.45, 7) is -0.192. The van der Waals surface area contributed by atoms with Crippen molar-refractivity contribution < 1.29 is 14.3 Å². The van der Waals surface area contributed by atoms with Crippen LogP contribution in [-0.2, 0) is 4.79 Å². The third-order valence-electron chi connectivity index (χ3n) is 4.25. The summed E-state index contributed by atoms with van der Waals surface area (Å²) in [5, 5.41) is 12.8. The molecule has 3 aromatic carbocycles. The van der Waals surface area contributed by atoms with Gasteiger partial charge in [0.1, 0.15) is 0 Å². The van der Waals surface area contributed by atoms with E-state index >= 15 is 0 Å². The Bertz CT molecular complexity index is 1160. The third kappa shape index (κ3) is 5.88. The minimum absolute atomic E-state index is 0.192. The Morgan fingerprint density at radius 3 is 2.55 bits per heavy atom. The molecule has 0 aliphatic rings. The van der Waals surface area contributed by atoms with E-state index in [1.54, 1.807) is 48.5 Å². The summed E-state index contributed by atoms with van der Waals surface area (Å²) in [6.07, 6.45) is 1.71. The molecule has 0 spiro atoms. The number of carbonyl (C=O) groups is 1. The van der Waals surface area contributed by atoms with E-state index in [0.29, 0.717) is 43.4 Å². The van der Waals surface area contributed by atoms with Gasteiger partial charge in [-0.3, -0.25) is 4.79 Å². The van der Waals surface area contributed by atoms with Crippen molar-refractivity contribution in [2.45, 2.75) is 0 Å². The number of ether oxygens (including phenoxy) is 2. The molecule has 0 aromatic heterocycles. The van der Waals surface area contributed by atoms with Crippen LogP contribution in [0.15, 0.2) is 71.2 Å². The van der Waals surface area contributed by atoms with Crippen molar-refractivity contribution in [3.05, 3.63) is 87.4 Å². The van der Waals surface area contributed by atoms with E-state index in [0.717, 1.165) is 0 Å². The van der Waals surface area contributed by atoms with Crippen molar-refractivity contribution in [2.75, 3.05) is 19.0 Å². The van der Waals surface area contributed by atoms with E-state index < -0.39 is 0 Å². The van der Waals surface area contributed by atoms with Gasteiger partial charge in [0.05, 0.1) is 23.2 Å². The first kappa shape index (κ1) is 22.4. The maximum absolute atomic E-state index is 12.2. The molecule has 0 aliphatic carbocycles. The molecule has 0 atom stereocenters. The van der Waals surface area contributed by atoms with Gasteiger partial charge in [-0.1, -0.05) is 48.0 Å². The molecule has 0 bridgehead atoms. The number of anilines is 1. The monoisotopic (exact) mass is 496 g/mol. The summed E-state index contributed by atoms with van der Waals surface area (Å²) in [7, 11) is 1.51. The zero-order chi connectivity index (χ0) is 22.2. The van der Waals surface area contributed by atoms with Crippen LogP contribution in [0.2, 0.25) is 5.02 Å². The maximum Gasteiger partial charge on any atom is 0.262 e. The van der Waals surface area contributed by atoms with Crippen LogP contribution < -0.4 is 14.8 Å². The minimum atomic E-state index is -0.297. The summed E-state index contributed by atoms with van der Waals surface area (Å²) in [4.78, 5) is 12.2. The Hall–Kier alpha value is -3.27. The number of hydrogen-bond donors (Lipinski definition) is 1. The number of hydrogen-bond acceptors (Lipinski definition) is 4. The molecule has 5 nitrogen and oxygen atoms in total. The summed E-state index contributed by atoms with van der Waals surface area (Å²) in [5.74, 6) is 0.512. The second kappa shape index (κ2) is 10.7. The second-order valence-corrected chi connectivity index (χ2v) is 7.65. The number of para-hydroxylation sites is 1. The molecule has 0 saturated heterocycles. The number of halogens is 2. The first-order valence-corrected chi connectivity index (χ1v) is 10.4. The second-order valence-electron chi connectivity index (χ2n) is 6.39. The number of rotatable bonds is 7. The largest absolute Gasteiger partial charge is 0.493 e. The van der Waals surface area contributed by atoms with Crippen LogP contribution >= 0.6 is 27.5 Å². The van der Waals surface area contributed by atoms with E-state index in [1.807, 2.05) is 24.3 Å². The zero-order valence-electron chi connectivity index (χ0n) is 16.6. The fourth-order valence-corrected chi connectivity index (χ4v) is 3.65. The highest BCUT2D eigenvalue weighted by Crippen LogP contribution is 2.38. The summed E-state index contributed by atoms with van der Waals surface area (Å²) >= 11 is 9.69. The Kier molecular flexibility index (Phi) is 7.71. The van der Waals surface area contributed by atoms with Crippen LogP contribution in [0.25, 0.3) is 11.6 Å². The lowest BCUT2D eigenvalue weighted by Crippen LogP contribution is -2.20. The lowest BCUT2D eigenvalue weighted by molar-refractivity contribution is -0.118. The lowest BCUT2D eigenvalue weighted by atomic mass is 10.0. The topological polar surface area (TPSA) is 71.3 Å². The Balaban J connectivity index is 1.81. The summed E-state index contributed by atoms with van der Waals surface area (Å²) in [5.41, 5.74) is 2.45. The number of amides is 1. The predicted octanol–water partition coefficient (Wildman–Crippen LogP) is 6.19. The Labute approximate surface area is 194 Å². The molecule has 1 N–H and O–H groups in total. The van der Waals surface area contributed by atoms with Crippen LogP contribution in [0, 0.1) is 11.3 Å². The molecule has 0 radical (unpaired) electrons. The van der Waals surface area contributed by atoms with Gasteiger partial charge in [0.2, 0.25) is 0 Å². The van der Waals surface area contributed by atoms with Gasteiger partial charge in [0.15, 0.2) is 18.1 Å². The quantitative estimate of drug-likeness (QED) is 0.312. The van der Waals surface area contributed by atoms with E-state index in [1.165, 1.54) is 7.11 Å². The fourth-order valence-electron chi connectivity index (χ4n) is 2.84. The van der Waals surface area contributed by atoms with Crippen molar-refractivity contribution in [3.63, 3.8) is 0 Å². The number of nitriles is 1. The Morgan fingerprint density at radius 2 is 1.87 bits per heavy atom. The number of carbonyl (C=O) groups excluding carboxylic acids is 1. The zero-order valence-corrected chi connectivity index (χ0v) is 18.9. The standard InChI is InChI=1S/C24H18BrClN2O3/c1-30-22-13-16(11-17(14-27)19-9-5-6-10-21(19)26)12-20(25)24(22)31-15-23(29)28-18-7-3-2-4-8-18/h2-13H,15H2,1H3,(H,28,29). The van der Waals surface area contributed by atoms with Crippen molar-refractivity contribution in [2.24, 2.45) is 0 Å². The average molecular weight is 498 g/mol. The summed E-state index contributed by atoms with van der Waals surface area (Å²) in [6, 6.07) is 21.9. The van der Waals surface area contributed by atoms with Gasteiger partial charge in [-0.05, 0) is 57.9 Å². The number of nitrogens with zero attached hydrogens (tertiary/aromatic N) is 1. The van der Waals surface area contributed by atoms with E-state index in [4.69, 9.17) is 21.1 Å². The normalized spacial score (nSPS) is 10.8. The van der Waals surface area contributed by atoms with Gasteiger partial charge in [0.25, 0.3) is 5.91 Å². The van der Waals surface area contributed by atoms with Crippen LogP contribution in [0.4, 0.5) is 5.69 Å². The molecular weight excluding hydrogens is 480 g/mol. The van der Waals surface area contributed by atoms with Crippen LogP contribution in [0.5, 0.6) is 11.5 Å². The molecule has 7 heteroatoms. The van der Waals surface area contributed by atoms with E-state index in [2.05, 4.69) is 27.3 Å². The molecule has 0 unspecified atom stereocenters. The first-order valence-electron chi connectivity index (χ1n) is 9.23. The van der Waals surface area contributed by atoms with Crippen molar-refractivity contribution >= 4 is 50.8 Å². The fraction of sp³-hybridized carbons (Fsp3) is 0.0833. The van der Waals surface area contributed by atoms with Crippen LogP contribution in [-0.4, -0.2) is 19.6 Å². The van der Waals surface area contributed by atoms with Crippen LogP contribution in [0.3, 0.4) is 0 Å². The SMILES string of the molecule is COc1cc(C=C(C#N)c2ccccc2Cl)cc(Br)c1OCC(=O)Nc1ccccc1. The minimum Gasteiger partial charge on any atom is -0.493 e. The van der Waals surface area contributed by atoms with Gasteiger partial charge in [0, 0.05) is 16.3 Å². The number of nitrogens with one attached hydrogen (secondary N) is 1. The molecule has 0 aliphatic heterocycles. The highest BCUT2D eigenvalue weighted by molar-refractivity contribution is 9.10. The molecular formula is C24H18BrClN2O3. The highest BCUT2D eigenvalue weighted by atomic mass is 79.9. The molecule has 3 rings (SSSR count). The average Bonchev–Trinajstić information content (AvgIpc) is 2.77. The molecule has 0 heterocycles. The van der Waals surface area contributed by atoms with Gasteiger partial charge in [-0.15, -0.1) is 0 Å². The van der Waals surface area contributed by atoms with Gasteiger partial charge in [-0.2, -0.15) is 5.26 Å². The van der Waals surface area contributed by atoms with E-state index in [9.17, 15) is 10.1 Å². The molecule has 0 saturated carbocycles. The molecule has 156 valence electrons. The van der Waals surface area contributed by atoms with E-state index in [-0.39, 0.29) is 12.5 Å². The third-order valence-corrected chi connectivity index (χ3v) is 5.17. The molecule has 31 heavy (non-hydrogen) atoms. The maximum atomic E-state index is 12.2. The Morgan fingerprint density at radius 1 is 1.16 bits per heavy atom. The number of benzene rings is 3. The van der Waals surface area contributed by atoms with Crippen LogP contribution in [0.1, 0.15) is 11.1 Å². The molecule has 0 fully saturated rings. The summed E-state index contributed by atoms with van der Waals surface area (Å²) < 4.78 is 11.7. The highest BCUT2D eigenvalue weighted by Gasteiger charge is 2.14. The van der Waals surface area contributed by atoms with Gasteiger partial charge in [-0.25, -0.2) is 0 Å².